The van der Waals surface area contributed by atoms with Gasteiger partial charge >= 0.3 is 0 Å². The number of alkyl halides is 2. The highest BCUT2D eigenvalue weighted by atomic mass is 32.2. The predicted octanol–water partition coefficient (Wildman–Crippen LogP) is 5.18. The van der Waals surface area contributed by atoms with Crippen molar-refractivity contribution < 1.29 is 27.1 Å². The molecule has 2 aromatic rings. The van der Waals surface area contributed by atoms with Crippen LogP contribution < -0.4 is 4.74 Å². The van der Waals surface area contributed by atoms with Gasteiger partial charge in [-0.1, -0.05) is 23.9 Å². The van der Waals surface area contributed by atoms with Gasteiger partial charge < -0.3 is 4.74 Å². The maximum absolute atomic E-state index is 13.5. The molecule has 0 heterocycles. The van der Waals surface area contributed by atoms with E-state index < -0.39 is 23.2 Å². The van der Waals surface area contributed by atoms with E-state index in [1.54, 1.807) is 0 Å². The highest BCUT2D eigenvalue weighted by Gasteiger charge is 2.13. The number of carbonyl (C=O) groups excluding carboxylic acids is 1. The fourth-order valence-electron chi connectivity index (χ4n) is 1.93. The zero-order valence-electron chi connectivity index (χ0n) is 12.4. The van der Waals surface area contributed by atoms with E-state index in [0.717, 1.165) is 18.2 Å². The van der Waals surface area contributed by atoms with Crippen LogP contribution in [0.15, 0.2) is 47.4 Å². The molecule has 0 aromatic heterocycles. The van der Waals surface area contributed by atoms with Gasteiger partial charge in [-0.05, 0) is 36.4 Å². The molecule has 0 saturated heterocycles. The number of ketones is 1. The molecule has 0 aliphatic rings. The maximum Gasteiger partial charge on any atom is 0.289 e. The molecule has 2 nitrogen and oxygen atoms in total. The van der Waals surface area contributed by atoms with Gasteiger partial charge in [0.05, 0.1) is 12.0 Å². The largest absolute Gasteiger partial charge is 0.496 e. The van der Waals surface area contributed by atoms with E-state index in [-0.39, 0.29) is 21.8 Å². The molecule has 0 bridgehead atoms. The average molecular weight is 356 g/mol. The first-order valence-electron chi connectivity index (χ1n) is 6.71. The summed E-state index contributed by atoms with van der Waals surface area (Å²) in [7, 11) is 1.30. The number of allylic oxidation sites excluding steroid dienone is 1. The van der Waals surface area contributed by atoms with Crippen LogP contribution in [0.1, 0.15) is 15.9 Å². The predicted molar refractivity (Wildman–Crippen MR) is 84.6 cm³/mol. The smallest absolute Gasteiger partial charge is 0.289 e. The number of hydrogen-bond acceptors (Lipinski definition) is 3. The van der Waals surface area contributed by atoms with Crippen molar-refractivity contribution in [3.63, 3.8) is 0 Å². The summed E-state index contributed by atoms with van der Waals surface area (Å²) >= 11 is 0.305. The number of thioether (sulfide) groups is 1. The van der Waals surface area contributed by atoms with Crippen LogP contribution in [-0.2, 0) is 0 Å². The Bertz CT molecular complexity index is 775. The topological polar surface area (TPSA) is 26.3 Å². The Morgan fingerprint density at radius 2 is 1.96 bits per heavy atom. The molecule has 0 amide bonds. The van der Waals surface area contributed by atoms with Crippen LogP contribution in [0.5, 0.6) is 5.75 Å². The highest BCUT2D eigenvalue weighted by Crippen LogP contribution is 2.34. The monoisotopic (exact) mass is 356 g/mol. The first-order chi connectivity index (χ1) is 11.4. The fraction of sp³-hybridized carbons (Fsp3) is 0.118. The summed E-state index contributed by atoms with van der Waals surface area (Å²) in [6, 6.07) is 7.65. The normalized spacial score (nSPS) is 11.2. The van der Waals surface area contributed by atoms with Gasteiger partial charge in [0.15, 0.2) is 17.4 Å². The molecule has 2 aromatic carbocycles. The van der Waals surface area contributed by atoms with E-state index >= 15 is 0 Å². The van der Waals surface area contributed by atoms with Crippen LogP contribution in [0, 0.1) is 11.6 Å². The lowest BCUT2D eigenvalue weighted by Crippen LogP contribution is -1.97. The summed E-state index contributed by atoms with van der Waals surface area (Å²) in [4.78, 5) is 12.3. The van der Waals surface area contributed by atoms with Gasteiger partial charge in [0.1, 0.15) is 5.75 Å². The van der Waals surface area contributed by atoms with E-state index in [2.05, 4.69) is 0 Å². The lowest BCUT2D eigenvalue weighted by Gasteiger charge is -2.08. The molecule has 2 rings (SSSR count). The van der Waals surface area contributed by atoms with Crippen molar-refractivity contribution in [2.75, 3.05) is 7.11 Å². The van der Waals surface area contributed by atoms with Gasteiger partial charge in [-0.3, -0.25) is 4.79 Å². The van der Waals surface area contributed by atoms with Crippen LogP contribution in [-0.4, -0.2) is 18.7 Å². The molecule has 24 heavy (non-hydrogen) atoms. The molecule has 0 fully saturated rings. The lowest BCUT2D eigenvalue weighted by molar-refractivity contribution is 0.104. The second-order valence-corrected chi connectivity index (χ2v) is 5.62. The van der Waals surface area contributed by atoms with Gasteiger partial charge in [0.25, 0.3) is 5.76 Å². The van der Waals surface area contributed by atoms with Crippen LogP contribution >= 0.6 is 11.8 Å². The van der Waals surface area contributed by atoms with Gasteiger partial charge in [0, 0.05) is 11.1 Å². The highest BCUT2D eigenvalue weighted by molar-refractivity contribution is 7.99. The van der Waals surface area contributed by atoms with Gasteiger partial charge in [-0.25, -0.2) is 8.78 Å². The third-order valence-corrected chi connectivity index (χ3v) is 3.83. The molecular weight excluding hydrogens is 344 g/mol. The Morgan fingerprint density at radius 1 is 1.21 bits per heavy atom. The number of ether oxygens (including phenoxy) is 1. The second-order valence-electron chi connectivity index (χ2n) is 4.58. The van der Waals surface area contributed by atoms with Crippen molar-refractivity contribution in [2.24, 2.45) is 0 Å². The summed E-state index contributed by atoms with van der Waals surface area (Å²) in [5.74, 6) is -5.04. The van der Waals surface area contributed by atoms with E-state index in [1.165, 1.54) is 37.4 Å². The van der Waals surface area contributed by atoms with E-state index in [4.69, 9.17) is 4.74 Å². The number of carbonyl (C=O) groups is 1. The summed E-state index contributed by atoms with van der Waals surface area (Å²) in [6.45, 7) is 0. The van der Waals surface area contributed by atoms with Gasteiger partial charge in [0.2, 0.25) is 0 Å². The van der Waals surface area contributed by atoms with Gasteiger partial charge in [-0.15, -0.1) is 0 Å². The first-order valence-corrected chi connectivity index (χ1v) is 7.59. The minimum atomic E-state index is -2.61. The summed E-state index contributed by atoms with van der Waals surface area (Å²) < 4.78 is 56.5. The molecule has 0 aliphatic carbocycles. The Morgan fingerprint density at radius 3 is 2.62 bits per heavy atom. The van der Waals surface area contributed by atoms with Crippen LogP contribution in [0.25, 0.3) is 6.08 Å². The molecule has 0 radical (unpaired) electrons. The number of methoxy groups -OCH3 is 1. The number of rotatable bonds is 6. The Hall–Kier alpha value is -2.28. The quantitative estimate of drug-likeness (QED) is 0.309. The third-order valence-electron chi connectivity index (χ3n) is 3.06. The fourth-order valence-corrected chi connectivity index (χ4v) is 2.52. The first kappa shape index (κ1) is 18.1. The Balaban J connectivity index is 2.23. The molecule has 0 aliphatic heterocycles. The zero-order chi connectivity index (χ0) is 17.7. The van der Waals surface area contributed by atoms with Crippen molar-refractivity contribution in [3.05, 3.63) is 65.2 Å². The minimum absolute atomic E-state index is 0.0693. The van der Waals surface area contributed by atoms with Crippen molar-refractivity contribution in [1.82, 2.24) is 0 Å². The van der Waals surface area contributed by atoms with Crippen molar-refractivity contribution in [1.29, 1.82) is 0 Å². The van der Waals surface area contributed by atoms with E-state index in [1.807, 2.05) is 0 Å². The summed E-state index contributed by atoms with van der Waals surface area (Å²) in [5.41, 5.74) is 0.110. The standard InChI is InChI=1S/C17H12F4O2S/c1-23-14-9-11(6-8-15(14)24-17(20)21)13(22)7-5-10-3-2-4-12(18)16(10)19/h2-9,17H,1H3. The maximum atomic E-state index is 13.5. The number of hydrogen-bond donors (Lipinski definition) is 0. The summed E-state index contributed by atoms with van der Waals surface area (Å²) in [5, 5.41) is 0. The number of benzene rings is 2. The summed E-state index contributed by atoms with van der Waals surface area (Å²) in [6.07, 6.45) is 2.22. The van der Waals surface area contributed by atoms with Crippen molar-refractivity contribution in [3.8, 4) is 5.75 Å². The second kappa shape index (κ2) is 8.01. The average Bonchev–Trinajstić information content (AvgIpc) is 2.55. The van der Waals surface area contributed by atoms with Gasteiger partial charge in [-0.2, -0.15) is 8.78 Å². The number of halogens is 4. The van der Waals surface area contributed by atoms with E-state index in [9.17, 15) is 22.4 Å². The van der Waals surface area contributed by atoms with Crippen molar-refractivity contribution in [2.45, 2.75) is 10.7 Å². The van der Waals surface area contributed by atoms with E-state index in [0.29, 0.717) is 11.8 Å². The minimum Gasteiger partial charge on any atom is -0.496 e. The third kappa shape index (κ3) is 4.38. The zero-order valence-corrected chi connectivity index (χ0v) is 13.2. The molecule has 0 unspecified atom stereocenters. The SMILES string of the molecule is COc1cc(C(=O)C=Cc2cccc(F)c2F)ccc1SC(F)F. The molecule has 0 saturated carbocycles. The molecular formula is C17H12F4O2S. The van der Waals surface area contributed by atoms with Crippen molar-refractivity contribution >= 4 is 23.6 Å². The van der Waals surface area contributed by atoms with Crippen LogP contribution in [0.3, 0.4) is 0 Å². The molecule has 7 heteroatoms. The molecule has 126 valence electrons. The lowest BCUT2D eigenvalue weighted by atomic mass is 10.1. The Kier molecular flexibility index (Phi) is 6.03. The molecule has 0 atom stereocenters. The van der Waals surface area contributed by atoms with Crippen LogP contribution in [0.2, 0.25) is 0 Å². The molecule has 0 N–H and O–H groups in total. The Labute approximate surface area is 140 Å². The molecule has 0 spiro atoms. The van der Waals surface area contributed by atoms with Crippen LogP contribution in [0.4, 0.5) is 17.6 Å².